The van der Waals surface area contributed by atoms with Crippen LogP contribution < -0.4 is 5.32 Å². The molecule has 0 unspecified atom stereocenters. The molecule has 1 N–H and O–H groups in total. The van der Waals surface area contributed by atoms with Crippen molar-refractivity contribution < 1.29 is 13.2 Å². The zero-order valence-corrected chi connectivity index (χ0v) is 11.5. The monoisotopic (exact) mass is 296 g/mol. The number of aromatic nitrogens is 3. The molecule has 112 valence electrons. The summed E-state index contributed by atoms with van der Waals surface area (Å²) in [6, 6.07) is 6.80. The van der Waals surface area contributed by atoms with Crippen molar-refractivity contribution in [3.05, 3.63) is 47.7 Å². The normalized spacial score (nSPS) is 11.4. The van der Waals surface area contributed by atoms with E-state index >= 15 is 0 Å². The van der Waals surface area contributed by atoms with Gasteiger partial charge in [-0.25, -0.2) is 9.97 Å². The summed E-state index contributed by atoms with van der Waals surface area (Å²) in [5, 5.41) is 2.86. The molecule has 0 aliphatic rings. The largest absolute Gasteiger partial charge is 0.451 e. The summed E-state index contributed by atoms with van der Waals surface area (Å²) in [6.07, 6.45) is -1.95. The van der Waals surface area contributed by atoms with Gasteiger partial charge in [0.25, 0.3) is 0 Å². The molecule has 2 heterocycles. The minimum atomic E-state index is -4.57. The highest BCUT2D eigenvalue weighted by atomic mass is 19.4. The second-order valence-electron chi connectivity index (χ2n) is 4.49. The summed E-state index contributed by atoms with van der Waals surface area (Å²) < 4.78 is 38.5. The van der Waals surface area contributed by atoms with E-state index in [4.69, 9.17) is 0 Å². The van der Waals surface area contributed by atoms with Crippen LogP contribution >= 0.6 is 0 Å². The highest BCUT2D eigenvalue weighted by molar-refractivity contribution is 5.37. The van der Waals surface area contributed by atoms with Gasteiger partial charge in [-0.15, -0.1) is 0 Å². The molecule has 2 aromatic rings. The van der Waals surface area contributed by atoms with Crippen LogP contribution in [0.25, 0.3) is 0 Å². The van der Waals surface area contributed by atoms with E-state index in [-0.39, 0.29) is 17.9 Å². The number of nitrogens with zero attached hydrogens (tertiary/aromatic N) is 3. The Kier molecular flexibility index (Phi) is 4.72. The molecule has 7 heteroatoms. The van der Waals surface area contributed by atoms with Crippen molar-refractivity contribution in [2.75, 3.05) is 11.9 Å². The van der Waals surface area contributed by atoms with E-state index in [1.165, 1.54) is 6.07 Å². The van der Waals surface area contributed by atoms with Crippen molar-refractivity contribution in [1.29, 1.82) is 0 Å². The van der Waals surface area contributed by atoms with Crippen molar-refractivity contribution in [1.82, 2.24) is 15.0 Å². The third kappa shape index (κ3) is 4.40. The first kappa shape index (κ1) is 15.2. The van der Waals surface area contributed by atoms with Crippen LogP contribution in [0, 0.1) is 0 Å². The Morgan fingerprint density at radius 1 is 1.14 bits per heavy atom. The van der Waals surface area contributed by atoms with E-state index in [1.54, 1.807) is 24.4 Å². The van der Waals surface area contributed by atoms with Gasteiger partial charge in [-0.3, -0.25) is 4.98 Å². The van der Waals surface area contributed by atoms with Gasteiger partial charge >= 0.3 is 6.18 Å². The number of rotatable bonds is 5. The molecule has 0 saturated carbocycles. The van der Waals surface area contributed by atoms with E-state index in [2.05, 4.69) is 20.3 Å². The molecule has 0 aromatic carbocycles. The van der Waals surface area contributed by atoms with Crippen LogP contribution in [0.3, 0.4) is 0 Å². The van der Waals surface area contributed by atoms with Crippen molar-refractivity contribution in [2.45, 2.75) is 25.9 Å². The molecule has 0 saturated heterocycles. The molecule has 0 aliphatic heterocycles. The highest BCUT2D eigenvalue weighted by Gasteiger charge is 2.35. The minimum Gasteiger partial charge on any atom is -0.370 e. The fourth-order valence-electron chi connectivity index (χ4n) is 1.75. The number of anilines is 1. The number of nitrogens with one attached hydrogen (secondary N) is 1. The van der Waals surface area contributed by atoms with Gasteiger partial charge in [0.1, 0.15) is 5.82 Å². The molecule has 2 aromatic heterocycles. The zero-order valence-electron chi connectivity index (χ0n) is 11.5. The first-order valence-electron chi connectivity index (χ1n) is 6.58. The van der Waals surface area contributed by atoms with E-state index in [0.29, 0.717) is 12.2 Å². The predicted octanol–water partition coefficient (Wildman–Crippen LogP) is 3.30. The lowest BCUT2D eigenvalue weighted by Gasteiger charge is -2.11. The highest BCUT2D eigenvalue weighted by Crippen LogP contribution is 2.27. The fraction of sp³-hybridized carbons (Fsp3) is 0.357. The van der Waals surface area contributed by atoms with Gasteiger partial charge < -0.3 is 5.32 Å². The average Bonchev–Trinajstić information content (AvgIpc) is 2.45. The van der Waals surface area contributed by atoms with E-state index < -0.39 is 12.0 Å². The lowest BCUT2D eigenvalue weighted by atomic mass is 10.2. The standard InChI is InChI=1S/C14H15F3N4/c1-2-6-19-12-9-11(8-10-5-3-4-7-18-10)20-13(21-12)14(15,16)17/h3-5,7,9H,2,6,8H2,1H3,(H,19,20,21). The second-order valence-corrected chi connectivity index (χ2v) is 4.49. The molecule has 21 heavy (non-hydrogen) atoms. The number of pyridine rings is 1. The lowest BCUT2D eigenvalue weighted by Crippen LogP contribution is -2.15. The predicted molar refractivity (Wildman–Crippen MR) is 72.9 cm³/mol. The van der Waals surface area contributed by atoms with Crippen molar-refractivity contribution in [3.8, 4) is 0 Å². The van der Waals surface area contributed by atoms with E-state index in [0.717, 1.165) is 6.42 Å². The molecule has 0 bridgehead atoms. The van der Waals surface area contributed by atoms with Crippen LogP contribution in [-0.4, -0.2) is 21.5 Å². The topological polar surface area (TPSA) is 50.7 Å². The zero-order chi connectivity index (χ0) is 15.3. The second kappa shape index (κ2) is 6.51. The third-order valence-electron chi connectivity index (χ3n) is 2.68. The molecular formula is C14H15F3N4. The average molecular weight is 296 g/mol. The van der Waals surface area contributed by atoms with Crippen molar-refractivity contribution >= 4 is 5.82 Å². The number of alkyl halides is 3. The van der Waals surface area contributed by atoms with E-state index in [1.807, 2.05) is 6.92 Å². The third-order valence-corrected chi connectivity index (χ3v) is 2.68. The fourth-order valence-corrected chi connectivity index (χ4v) is 1.75. The van der Waals surface area contributed by atoms with Crippen LogP contribution in [0.5, 0.6) is 0 Å². The van der Waals surface area contributed by atoms with Gasteiger partial charge in [0.05, 0.1) is 5.69 Å². The lowest BCUT2D eigenvalue weighted by molar-refractivity contribution is -0.145. The summed E-state index contributed by atoms with van der Waals surface area (Å²) in [4.78, 5) is 11.2. The van der Waals surface area contributed by atoms with Crippen LogP contribution in [0.15, 0.2) is 30.5 Å². The number of hydrogen-bond donors (Lipinski definition) is 1. The maximum Gasteiger partial charge on any atom is 0.451 e. The van der Waals surface area contributed by atoms with Crippen molar-refractivity contribution in [3.63, 3.8) is 0 Å². The number of hydrogen-bond acceptors (Lipinski definition) is 4. The Hall–Kier alpha value is -2.18. The van der Waals surface area contributed by atoms with Gasteiger partial charge in [-0.2, -0.15) is 13.2 Å². The van der Waals surface area contributed by atoms with Gasteiger partial charge in [-0.1, -0.05) is 13.0 Å². The molecule has 0 radical (unpaired) electrons. The maximum atomic E-state index is 12.8. The number of halogens is 3. The SMILES string of the molecule is CCCNc1cc(Cc2ccccn2)nc(C(F)(F)F)n1. The summed E-state index contributed by atoms with van der Waals surface area (Å²) in [5.74, 6) is -0.945. The quantitative estimate of drug-likeness (QED) is 0.919. The Balaban J connectivity index is 2.30. The van der Waals surface area contributed by atoms with E-state index in [9.17, 15) is 13.2 Å². The van der Waals surface area contributed by atoms with Gasteiger partial charge in [0, 0.05) is 30.9 Å². The summed E-state index contributed by atoms with van der Waals surface area (Å²) in [6.45, 7) is 2.48. The molecule has 4 nitrogen and oxygen atoms in total. The molecule has 0 amide bonds. The minimum absolute atomic E-state index is 0.185. The first-order chi connectivity index (χ1) is 9.99. The Morgan fingerprint density at radius 2 is 1.95 bits per heavy atom. The summed E-state index contributed by atoms with van der Waals surface area (Å²) >= 11 is 0. The molecule has 0 spiro atoms. The first-order valence-corrected chi connectivity index (χ1v) is 6.58. The molecular weight excluding hydrogens is 281 g/mol. The van der Waals surface area contributed by atoms with Crippen LogP contribution in [0.2, 0.25) is 0 Å². The smallest absolute Gasteiger partial charge is 0.370 e. The van der Waals surface area contributed by atoms with Crippen LogP contribution in [-0.2, 0) is 12.6 Å². The Bertz CT molecular complexity index is 585. The van der Waals surface area contributed by atoms with Gasteiger partial charge in [0.15, 0.2) is 0 Å². The van der Waals surface area contributed by atoms with Crippen LogP contribution in [0.4, 0.5) is 19.0 Å². The summed E-state index contributed by atoms with van der Waals surface area (Å²) in [5.41, 5.74) is 0.945. The molecule has 0 fully saturated rings. The van der Waals surface area contributed by atoms with Gasteiger partial charge in [-0.05, 0) is 18.6 Å². The molecule has 0 aliphatic carbocycles. The Morgan fingerprint density at radius 3 is 2.57 bits per heavy atom. The molecule has 0 atom stereocenters. The van der Waals surface area contributed by atoms with Crippen LogP contribution in [0.1, 0.15) is 30.6 Å². The van der Waals surface area contributed by atoms with Crippen molar-refractivity contribution in [2.24, 2.45) is 0 Å². The molecule has 2 rings (SSSR count). The van der Waals surface area contributed by atoms with Gasteiger partial charge in [0.2, 0.25) is 5.82 Å². The summed E-state index contributed by atoms with van der Waals surface area (Å²) in [7, 11) is 0. The maximum absolute atomic E-state index is 12.8. The Labute approximate surface area is 120 Å².